The molecule has 7 heteroatoms. The van der Waals surface area contributed by atoms with Gasteiger partial charge in [0, 0.05) is 24.7 Å². The van der Waals surface area contributed by atoms with Crippen LogP contribution in [-0.2, 0) is 16.1 Å². The van der Waals surface area contributed by atoms with Gasteiger partial charge < -0.3 is 15.0 Å². The molecular weight excluding hydrogens is 338 g/mol. The number of nitrogens with zero attached hydrogens (tertiary/aromatic N) is 1. The quantitative estimate of drug-likeness (QED) is 0.897. The number of rotatable bonds is 4. The van der Waals surface area contributed by atoms with Crippen molar-refractivity contribution in [1.29, 1.82) is 0 Å². The van der Waals surface area contributed by atoms with Crippen LogP contribution >= 0.6 is 12.4 Å². The highest BCUT2D eigenvalue weighted by atomic mass is 35.5. The van der Waals surface area contributed by atoms with Crippen LogP contribution in [0.1, 0.15) is 31.2 Å². The van der Waals surface area contributed by atoms with Crippen LogP contribution in [0.5, 0.6) is 0 Å². The van der Waals surface area contributed by atoms with Crippen molar-refractivity contribution in [2.75, 3.05) is 19.7 Å². The summed E-state index contributed by atoms with van der Waals surface area (Å²) in [6.45, 7) is 1.60. The molecule has 2 fully saturated rings. The summed E-state index contributed by atoms with van der Waals surface area (Å²) in [4.78, 5) is 14.4. The number of benzene rings is 1. The first kappa shape index (κ1) is 19.1. The monoisotopic (exact) mass is 360 g/mol. The predicted molar refractivity (Wildman–Crippen MR) is 89.0 cm³/mol. The summed E-state index contributed by atoms with van der Waals surface area (Å²) >= 11 is 0. The van der Waals surface area contributed by atoms with Crippen molar-refractivity contribution in [3.8, 4) is 0 Å². The molecule has 1 amide bonds. The highest BCUT2D eigenvalue weighted by Crippen LogP contribution is 2.27. The fourth-order valence-corrected chi connectivity index (χ4v) is 3.37. The van der Waals surface area contributed by atoms with E-state index < -0.39 is 17.7 Å². The zero-order chi connectivity index (χ0) is 16.2. The number of carbonyl (C=O) groups is 1. The van der Waals surface area contributed by atoms with Crippen molar-refractivity contribution in [3.05, 3.63) is 35.4 Å². The standard InChI is InChI=1S/C17H22F2N2O2.ClH/c18-14-6-3-7-15(19)13(14)11-21(12-4-1-2-5-12)17(22)16-10-20-8-9-23-16;/h3,6-7,12,16,20H,1-2,4-5,8-11H2;1H. The SMILES string of the molecule is Cl.O=C(C1CNCCO1)N(Cc1c(F)cccc1F)C1CCCC1. The average molecular weight is 361 g/mol. The van der Waals surface area contributed by atoms with E-state index >= 15 is 0 Å². The molecular formula is C17H23ClF2N2O2. The van der Waals surface area contributed by atoms with Crippen LogP contribution in [0.2, 0.25) is 0 Å². The van der Waals surface area contributed by atoms with E-state index in [2.05, 4.69) is 5.32 Å². The van der Waals surface area contributed by atoms with Crippen LogP contribution in [0, 0.1) is 11.6 Å². The minimum absolute atomic E-state index is 0. The molecule has 1 saturated heterocycles. The largest absolute Gasteiger partial charge is 0.366 e. The van der Waals surface area contributed by atoms with Crippen molar-refractivity contribution in [3.63, 3.8) is 0 Å². The summed E-state index contributed by atoms with van der Waals surface area (Å²) in [6, 6.07) is 3.83. The Morgan fingerprint density at radius 3 is 2.50 bits per heavy atom. The summed E-state index contributed by atoms with van der Waals surface area (Å²) in [5, 5.41) is 3.13. The second-order valence-electron chi connectivity index (χ2n) is 6.17. The second kappa shape index (κ2) is 8.74. The molecule has 1 atom stereocenters. The van der Waals surface area contributed by atoms with Crippen LogP contribution in [-0.4, -0.2) is 42.6 Å². The molecule has 1 aromatic rings. The zero-order valence-corrected chi connectivity index (χ0v) is 14.3. The molecule has 1 saturated carbocycles. The van der Waals surface area contributed by atoms with Gasteiger partial charge in [0.25, 0.3) is 5.91 Å². The van der Waals surface area contributed by atoms with Crippen molar-refractivity contribution < 1.29 is 18.3 Å². The smallest absolute Gasteiger partial charge is 0.253 e. The lowest BCUT2D eigenvalue weighted by molar-refractivity contribution is -0.148. The molecule has 3 rings (SSSR count). The normalized spacial score (nSPS) is 21.3. The van der Waals surface area contributed by atoms with Crippen molar-refractivity contribution in [1.82, 2.24) is 10.2 Å². The van der Waals surface area contributed by atoms with E-state index in [-0.39, 0.29) is 36.5 Å². The fourth-order valence-electron chi connectivity index (χ4n) is 3.37. The Hall–Kier alpha value is -1.24. The van der Waals surface area contributed by atoms with Gasteiger partial charge in [0.1, 0.15) is 17.7 Å². The highest BCUT2D eigenvalue weighted by Gasteiger charge is 2.33. The van der Waals surface area contributed by atoms with Crippen LogP contribution in [0.15, 0.2) is 18.2 Å². The Morgan fingerprint density at radius 1 is 1.25 bits per heavy atom. The summed E-state index contributed by atoms with van der Waals surface area (Å²) in [6.07, 6.45) is 3.26. The number of carbonyl (C=O) groups excluding carboxylic acids is 1. The maximum atomic E-state index is 14.0. The molecule has 1 unspecified atom stereocenters. The maximum Gasteiger partial charge on any atom is 0.253 e. The van der Waals surface area contributed by atoms with Crippen LogP contribution in [0.25, 0.3) is 0 Å². The van der Waals surface area contributed by atoms with Gasteiger partial charge in [0.2, 0.25) is 0 Å². The molecule has 1 aliphatic carbocycles. The molecule has 1 N–H and O–H groups in total. The van der Waals surface area contributed by atoms with Gasteiger partial charge in [-0.25, -0.2) is 8.78 Å². The molecule has 0 bridgehead atoms. The third-order valence-electron chi connectivity index (χ3n) is 4.64. The summed E-state index contributed by atoms with van der Waals surface area (Å²) < 4.78 is 33.5. The lowest BCUT2D eigenvalue weighted by Gasteiger charge is -2.34. The first-order chi connectivity index (χ1) is 11.2. The maximum absolute atomic E-state index is 14.0. The van der Waals surface area contributed by atoms with Crippen LogP contribution in [0.4, 0.5) is 8.78 Å². The first-order valence-electron chi connectivity index (χ1n) is 8.22. The van der Waals surface area contributed by atoms with E-state index in [9.17, 15) is 13.6 Å². The number of nitrogens with one attached hydrogen (secondary N) is 1. The predicted octanol–water partition coefficient (Wildman–Crippen LogP) is 2.65. The van der Waals surface area contributed by atoms with Gasteiger partial charge in [-0.3, -0.25) is 4.79 Å². The van der Waals surface area contributed by atoms with Gasteiger partial charge in [-0.15, -0.1) is 12.4 Å². The highest BCUT2D eigenvalue weighted by molar-refractivity contribution is 5.85. The molecule has 2 aliphatic rings. The third kappa shape index (κ3) is 4.23. The Bertz CT molecular complexity index is 541. The van der Waals surface area contributed by atoms with E-state index in [0.29, 0.717) is 13.2 Å². The van der Waals surface area contributed by atoms with Gasteiger partial charge in [0.15, 0.2) is 0 Å². The second-order valence-corrected chi connectivity index (χ2v) is 6.17. The number of amides is 1. The molecule has 0 spiro atoms. The van der Waals surface area contributed by atoms with E-state index in [0.717, 1.165) is 32.2 Å². The van der Waals surface area contributed by atoms with Crippen molar-refractivity contribution >= 4 is 18.3 Å². The summed E-state index contributed by atoms with van der Waals surface area (Å²) in [5.41, 5.74) is -0.0449. The summed E-state index contributed by atoms with van der Waals surface area (Å²) in [5.74, 6) is -1.39. The van der Waals surface area contributed by atoms with Gasteiger partial charge in [-0.1, -0.05) is 18.9 Å². The molecule has 0 radical (unpaired) electrons. The third-order valence-corrected chi connectivity index (χ3v) is 4.64. The minimum Gasteiger partial charge on any atom is -0.366 e. The van der Waals surface area contributed by atoms with Crippen molar-refractivity contribution in [2.45, 2.75) is 44.4 Å². The fraction of sp³-hybridized carbons (Fsp3) is 0.588. The van der Waals surface area contributed by atoms with Crippen LogP contribution < -0.4 is 5.32 Å². The van der Waals surface area contributed by atoms with Gasteiger partial charge >= 0.3 is 0 Å². The van der Waals surface area contributed by atoms with Crippen LogP contribution in [0.3, 0.4) is 0 Å². The average Bonchev–Trinajstić information content (AvgIpc) is 3.09. The van der Waals surface area contributed by atoms with Crippen molar-refractivity contribution in [2.24, 2.45) is 0 Å². The topological polar surface area (TPSA) is 41.6 Å². The number of morpholine rings is 1. The van der Waals surface area contributed by atoms with E-state index in [1.165, 1.54) is 18.2 Å². The van der Waals surface area contributed by atoms with Gasteiger partial charge in [-0.05, 0) is 25.0 Å². The number of hydrogen-bond donors (Lipinski definition) is 1. The Labute approximate surface area is 147 Å². The molecule has 1 aromatic carbocycles. The molecule has 0 aromatic heterocycles. The van der Waals surface area contributed by atoms with E-state index in [4.69, 9.17) is 4.74 Å². The Kier molecular flexibility index (Phi) is 6.95. The van der Waals surface area contributed by atoms with E-state index in [1.807, 2.05) is 0 Å². The number of ether oxygens (including phenoxy) is 1. The molecule has 1 heterocycles. The lowest BCUT2D eigenvalue weighted by Crippen LogP contribution is -2.51. The van der Waals surface area contributed by atoms with Gasteiger partial charge in [0.05, 0.1) is 13.2 Å². The first-order valence-corrected chi connectivity index (χ1v) is 8.22. The van der Waals surface area contributed by atoms with E-state index in [1.54, 1.807) is 4.90 Å². The number of halogens is 3. The lowest BCUT2D eigenvalue weighted by atomic mass is 10.1. The Balaban J connectivity index is 0.00000208. The molecule has 24 heavy (non-hydrogen) atoms. The molecule has 1 aliphatic heterocycles. The molecule has 4 nitrogen and oxygen atoms in total. The minimum atomic E-state index is -0.608. The zero-order valence-electron chi connectivity index (χ0n) is 13.5. The molecule has 134 valence electrons. The number of hydrogen-bond acceptors (Lipinski definition) is 3. The summed E-state index contributed by atoms with van der Waals surface area (Å²) in [7, 11) is 0. The Morgan fingerprint density at radius 2 is 1.92 bits per heavy atom. The van der Waals surface area contributed by atoms with Gasteiger partial charge in [-0.2, -0.15) is 0 Å².